The Bertz CT molecular complexity index is 442. The number of halogens is 1. The van der Waals surface area contributed by atoms with Crippen LogP contribution in [0.25, 0.3) is 0 Å². The molecule has 1 heterocycles. The predicted octanol–water partition coefficient (Wildman–Crippen LogP) is 3.14. The van der Waals surface area contributed by atoms with Crippen LogP contribution >= 0.6 is 22.6 Å². The van der Waals surface area contributed by atoms with Crippen molar-refractivity contribution < 1.29 is 4.79 Å². The number of nitrogens with zero attached hydrogens (tertiary/aromatic N) is 1. The Labute approximate surface area is 135 Å². The first-order chi connectivity index (χ1) is 9.66. The van der Waals surface area contributed by atoms with Gasteiger partial charge in [0, 0.05) is 10.1 Å². The maximum Gasteiger partial charge on any atom is 0.252 e. The molecule has 20 heavy (non-hydrogen) atoms. The van der Waals surface area contributed by atoms with Gasteiger partial charge in [0.25, 0.3) is 5.91 Å². The fraction of sp³-hybridized carbons (Fsp3) is 0.562. The molecule has 3 nitrogen and oxygen atoms in total. The fourth-order valence-electron chi connectivity index (χ4n) is 2.53. The molecule has 1 saturated heterocycles. The lowest BCUT2D eigenvalue weighted by Gasteiger charge is -2.30. The van der Waals surface area contributed by atoms with Crippen LogP contribution in [0.1, 0.15) is 36.5 Å². The molecule has 1 aliphatic rings. The lowest BCUT2D eigenvalue weighted by atomic mass is 9.99. The second-order valence-corrected chi connectivity index (χ2v) is 6.78. The van der Waals surface area contributed by atoms with Gasteiger partial charge in [-0.2, -0.15) is 0 Å². The Morgan fingerprint density at radius 1 is 1.35 bits per heavy atom. The van der Waals surface area contributed by atoms with Crippen molar-refractivity contribution in [2.45, 2.75) is 26.2 Å². The average Bonchev–Trinajstić information content (AvgIpc) is 2.46. The average molecular weight is 386 g/mol. The van der Waals surface area contributed by atoms with E-state index in [4.69, 9.17) is 0 Å². The van der Waals surface area contributed by atoms with Gasteiger partial charge in [0.1, 0.15) is 0 Å². The number of nitrogens with one attached hydrogen (secondary N) is 1. The van der Waals surface area contributed by atoms with Crippen molar-refractivity contribution in [2.24, 2.45) is 5.92 Å². The van der Waals surface area contributed by atoms with E-state index >= 15 is 0 Å². The van der Waals surface area contributed by atoms with E-state index in [0.717, 1.165) is 34.6 Å². The molecular formula is C16H23IN2O. The number of rotatable bonds is 5. The van der Waals surface area contributed by atoms with E-state index in [1.807, 2.05) is 24.3 Å². The van der Waals surface area contributed by atoms with E-state index in [-0.39, 0.29) is 5.91 Å². The van der Waals surface area contributed by atoms with Crippen molar-refractivity contribution in [3.8, 4) is 0 Å². The molecule has 1 aromatic carbocycles. The van der Waals surface area contributed by atoms with Crippen LogP contribution in [0, 0.1) is 9.49 Å². The first-order valence-electron chi connectivity index (χ1n) is 7.42. The molecule has 0 aliphatic carbocycles. The van der Waals surface area contributed by atoms with Crippen LogP contribution in [0.3, 0.4) is 0 Å². The van der Waals surface area contributed by atoms with Crippen molar-refractivity contribution >= 4 is 28.5 Å². The van der Waals surface area contributed by atoms with Crippen LogP contribution in [0.5, 0.6) is 0 Å². The minimum absolute atomic E-state index is 0.0438. The molecule has 1 N–H and O–H groups in total. The second kappa shape index (κ2) is 7.98. The molecule has 0 atom stereocenters. The van der Waals surface area contributed by atoms with Gasteiger partial charge in [0.15, 0.2) is 0 Å². The summed E-state index contributed by atoms with van der Waals surface area (Å²) in [7, 11) is 0. The van der Waals surface area contributed by atoms with Gasteiger partial charge in [0.2, 0.25) is 0 Å². The maximum absolute atomic E-state index is 12.0. The van der Waals surface area contributed by atoms with Crippen molar-refractivity contribution in [1.29, 1.82) is 0 Å². The largest absolute Gasteiger partial charge is 0.352 e. The number of carbonyl (C=O) groups is 1. The molecule has 4 heteroatoms. The molecule has 0 saturated carbocycles. The first-order valence-corrected chi connectivity index (χ1v) is 8.50. The zero-order valence-electron chi connectivity index (χ0n) is 12.1. The summed E-state index contributed by atoms with van der Waals surface area (Å²) in [5.41, 5.74) is 0.778. The minimum atomic E-state index is 0.0438. The van der Waals surface area contributed by atoms with E-state index in [1.54, 1.807) is 0 Å². The van der Waals surface area contributed by atoms with Crippen molar-refractivity contribution in [3.05, 3.63) is 33.4 Å². The number of carbonyl (C=O) groups excluding carboxylic acids is 1. The summed E-state index contributed by atoms with van der Waals surface area (Å²) in [5, 5.41) is 3.02. The van der Waals surface area contributed by atoms with Crippen molar-refractivity contribution in [3.63, 3.8) is 0 Å². The Balaban J connectivity index is 1.66. The van der Waals surface area contributed by atoms with E-state index in [2.05, 4.69) is 39.7 Å². The van der Waals surface area contributed by atoms with Crippen molar-refractivity contribution in [2.75, 3.05) is 26.2 Å². The third-order valence-corrected chi connectivity index (χ3v) is 4.87. The van der Waals surface area contributed by atoms with Gasteiger partial charge in [-0.1, -0.05) is 19.1 Å². The summed E-state index contributed by atoms with van der Waals surface area (Å²) in [6.45, 7) is 6.62. The Morgan fingerprint density at radius 3 is 2.75 bits per heavy atom. The van der Waals surface area contributed by atoms with E-state index < -0.39 is 0 Å². The quantitative estimate of drug-likeness (QED) is 0.623. The van der Waals surface area contributed by atoms with Crippen LogP contribution in [0.15, 0.2) is 24.3 Å². The van der Waals surface area contributed by atoms with Gasteiger partial charge in [0.05, 0.1) is 5.56 Å². The van der Waals surface area contributed by atoms with Crippen molar-refractivity contribution in [1.82, 2.24) is 10.2 Å². The normalized spacial score (nSPS) is 17.1. The van der Waals surface area contributed by atoms with Crippen LogP contribution < -0.4 is 5.32 Å². The van der Waals surface area contributed by atoms with E-state index in [9.17, 15) is 4.79 Å². The van der Waals surface area contributed by atoms with Gasteiger partial charge in [-0.3, -0.25) is 4.79 Å². The Hall–Kier alpha value is -0.620. The molecule has 0 bridgehead atoms. The Morgan fingerprint density at radius 2 is 2.05 bits per heavy atom. The molecule has 1 aliphatic heterocycles. The van der Waals surface area contributed by atoms with E-state index in [1.165, 1.54) is 25.9 Å². The predicted molar refractivity (Wildman–Crippen MR) is 90.9 cm³/mol. The SMILES string of the molecule is CC1CCN(CCCNC(=O)c2ccccc2I)CC1. The van der Waals surface area contributed by atoms with Crippen LogP contribution in [-0.4, -0.2) is 37.0 Å². The maximum atomic E-state index is 12.0. The summed E-state index contributed by atoms with van der Waals surface area (Å²) in [6, 6.07) is 7.70. The molecule has 0 spiro atoms. The molecule has 110 valence electrons. The lowest BCUT2D eigenvalue weighted by Crippen LogP contribution is -2.35. The third-order valence-electron chi connectivity index (χ3n) is 3.93. The van der Waals surface area contributed by atoms with Crippen LogP contribution in [0.2, 0.25) is 0 Å². The zero-order chi connectivity index (χ0) is 14.4. The van der Waals surface area contributed by atoms with E-state index in [0.29, 0.717) is 0 Å². The Kier molecular flexibility index (Phi) is 6.29. The molecular weight excluding hydrogens is 363 g/mol. The number of hydrogen-bond donors (Lipinski definition) is 1. The topological polar surface area (TPSA) is 32.3 Å². The molecule has 1 fully saturated rings. The summed E-state index contributed by atoms with van der Waals surface area (Å²) in [4.78, 5) is 14.5. The molecule has 1 aromatic rings. The van der Waals surface area contributed by atoms with Gasteiger partial charge in [-0.25, -0.2) is 0 Å². The van der Waals surface area contributed by atoms with Gasteiger partial charge in [-0.05, 0) is 79.5 Å². The molecule has 0 aromatic heterocycles. The molecule has 2 rings (SSSR count). The lowest BCUT2D eigenvalue weighted by molar-refractivity contribution is 0.0949. The van der Waals surface area contributed by atoms with Gasteiger partial charge < -0.3 is 10.2 Å². The number of amides is 1. The van der Waals surface area contributed by atoms with Crippen LogP contribution in [-0.2, 0) is 0 Å². The summed E-state index contributed by atoms with van der Waals surface area (Å²) < 4.78 is 1.01. The highest BCUT2D eigenvalue weighted by molar-refractivity contribution is 14.1. The number of benzene rings is 1. The first kappa shape index (κ1) is 15.8. The summed E-state index contributed by atoms with van der Waals surface area (Å²) in [6.07, 6.45) is 3.66. The number of likely N-dealkylation sites (tertiary alicyclic amines) is 1. The highest BCUT2D eigenvalue weighted by atomic mass is 127. The summed E-state index contributed by atoms with van der Waals surface area (Å²) >= 11 is 2.20. The standard InChI is InChI=1S/C16H23IN2O/c1-13-7-11-19(12-8-13)10-4-9-18-16(20)14-5-2-3-6-15(14)17/h2-3,5-6,13H,4,7-12H2,1H3,(H,18,20). The molecule has 1 amide bonds. The fourth-order valence-corrected chi connectivity index (χ4v) is 3.16. The van der Waals surface area contributed by atoms with Gasteiger partial charge >= 0.3 is 0 Å². The second-order valence-electron chi connectivity index (χ2n) is 5.61. The summed E-state index contributed by atoms with van der Waals surface area (Å²) in [5.74, 6) is 0.924. The third kappa shape index (κ3) is 4.74. The smallest absolute Gasteiger partial charge is 0.252 e. The van der Waals surface area contributed by atoms with Gasteiger partial charge in [-0.15, -0.1) is 0 Å². The minimum Gasteiger partial charge on any atom is -0.352 e. The number of piperidine rings is 1. The highest BCUT2D eigenvalue weighted by Gasteiger charge is 2.15. The highest BCUT2D eigenvalue weighted by Crippen LogP contribution is 2.15. The number of hydrogen-bond acceptors (Lipinski definition) is 2. The monoisotopic (exact) mass is 386 g/mol. The van der Waals surface area contributed by atoms with Crippen LogP contribution in [0.4, 0.5) is 0 Å². The molecule has 0 radical (unpaired) electrons. The molecule has 0 unspecified atom stereocenters. The zero-order valence-corrected chi connectivity index (χ0v) is 14.2.